The van der Waals surface area contributed by atoms with Gasteiger partial charge in [-0.1, -0.05) is 5.10 Å². The number of piperidine rings is 1. The minimum Gasteiger partial charge on any atom is -0.367 e. The van der Waals surface area contributed by atoms with Crippen molar-refractivity contribution in [2.24, 2.45) is 0 Å². The summed E-state index contributed by atoms with van der Waals surface area (Å²) in [5, 5.41) is 11.4. The predicted octanol–water partition coefficient (Wildman–Crippen LogP) is 1.04. The first-order chi connectivity index (χ1) is 11.5. The zero-order valence-electron chi connectivity index (χ0n) is 14.7. The van der Waals surface area contributed by atoms with Crippen molar-refractivity contribution < 1.29 is 0 Å². The second-order valence-electron chi connectivity index (χ2n) is 6.57. The van der Waals surface area contributed by atoms with E-state index in [4.69, 9.17) is 10.7 Å². The number of anilines is 3. The number of nitrogen functional groups attached to an aromatic ring is 1. The van der Waals surface area contributed by atoms with Gasteiger partial charge in [-0.2, -0.15) is 4.98 Å². The molecule has 0 aromatic carbocycles. The molecule has 0 radical (unpaired) electrons. The molecule has 1 aliphatic heterocycles. The predicted molar refractivity (Wildman–Crippen MR) is 93.0 cm³/mol. The highest BCUT2D eigenvalue weighted by Gasteiger charge is 2.24. The second kappa shape index (κ2) is 6.58. The second-order valence-corrected chi connectivity index (χ2v) is 6.57. The molecular formula is C15H25N9. The molecule has 0 aliphatic carbocycles. The number of tetrazole rings is 1. The fourth-order valence-corrected chi connectivity index (χ4v) is 2.89. The van der Waals surface area contributed by atoms with Gasteiger partial charge in [0, 0.05) is 37.9 Å². The monoisotopic (exact) mass is 331 g/mol. The molecule has 0 unspecified atom stereocenters. The van der Waals surface area contributed by atoms with E-state index in [1.165, 1.54) is 0 Å². The lowest BCUT2D eigenvalue weighted by Gasteiger charge is -2.33. The van der Waals surface area contributed by atoms with E-state index in [9.17, 15) is 0 Å². The van der Waals surface area contributed by atoms with Crippen LogP contribution in [0.1, 0.15) is 38.4 Å². The van der Waals surface area contributed by atoms with Crippen LogP contribution < -0.4 is 15.5 Å². The Labute approximate surface area is 141 Å². The maximum atomic E-state index is 5.81. The fraction of sp³-hybridized carbons (Fsp3) is 0.667. The molecular weight excluding hydrogens is 306 g/mol. The number of aryl methyl sites for hydroxylation is 1. The quantitative estimate of drug-likeness (QED) is 0.886. The standard InChI is InChI=1S/C15H25N9/c1-10(2)22(4)15-17-11(3)9-13(18-15)23-7-5-12(6-8-23)24-14(16)19-20-21-24/h9-10,12H,5-8H2,1-4H3,(H2,16,19,21). The Morgan fingerprint density at radius 2 is 1.96 bits per heavy atom. The van der Waals surface area contributed by atoms with Crippen LogP contribution in [0.5, 0.6) is 0 Å². The van der Waals surface area contributed by atoms with Gasteiger partial charge >= 0.3 is 0 Å². The Morgan fingerprint density at radius 3 is 2.54 bits per heavy atom. The van der Waals surface area contributed by atoms with E-state index in [2.05, 4.69) is 44.2 Å². The highest BCUT2D eigenvalue weighted by atomic mass is 15.6. The minimum absolute atomic E-state index is 0.247. The summed E-state index contributed by atoms with van der Waals surface area (Å²) in [6.45, 7) is 8.06. The van der Waals surface area contributed by atoms with Crippen molar-refractivity contribution in [3.05, 3.63) is 11.8 Å². The number of rotatable bonds is 4. The molecule has 3 heterocycles. The Hall–Kier alpha value is -2.45. The molecule has 130 valence electrons. The Balaban J connectivity index is 1.73. The lowest BCUT2D eigenvalue weighted by molar-refractivity contribution is 0.363. The summed E-state index contributed by atoms with van der Waals surface area (Å²) in [4.78, 5) is 13.7. The molecule has 0 bridgehead atoms. The van der Waals surface area contributed by atoms with Crippen LogP contribution in [-0.2, 0) is 0 Å². The first-order valence-corrected chi connectivity index (χ1v) is 8.32. The smallest absolute Gasteiger partial charge is 0.240 e. The zero-order chi connectivity index (χ0) is 17.3. The van der Waals surface area contributed by atoms with Gasteiger partial charge < -0.3 is 15.5 Å². The normalized spacial score (nSPS) is 16.0. The van der Waals surface area contributed by atoms with Crippen molar-refractivity contribution in [2.45, 2.75) is 45.7 Å². The third-order valence-corrected chi connectivity index (χ3v) is 4.57. The van der Waals surface area contributed by atoms with Crippen LogP contribution in [-0.4, -0.2) is 56.4 Å². The van der Waals surface area contributed by atoms with Gasteiger partial charge in [-0.05, 0) is 44.0 Å². The molecule has 24 heavy (non-hydrogen) atoms. The average molecular weight is 331 g/mol. The molecule has 1 fully saturated rings. The summed E-state index contributed by atoms with van der Waals surface area (Å²) >= 11 is 0. The van der Waals surface area contributed by atoms with Crippen molar-refractivity contribution in [2.75, 3.05) is 35.7 Å². The first-order valence-electron chi connectivity index (χ1n) is 8.32. The molecule has 1 aliphatic rings. The molecule has 9 nitrogen and oxygen atoms in total. The van der Waals surface area contributed by atoms with Crippen LogP contribution in [0.25, 0.3) is 0 Å². The first kappa shape index (κ1) is 16.4. The van der Waals surface area contributed by atoms with Crippen molar-refractivity contribution >= 4 is 17.7 Å². The van der Waals surface area contributed by atoms with Crippen molar-refractivity contribution in [3.8, 4) is 0 Å². The zero-order valence-corrected chi connectivity index (χ0v) is 14.7. The molecule has 1 saturated heterocycles. The maximum absolute atomic E-state index is 5.81. The van der Waals surface area contributed by atoms with E-state index in [1.54, 1.807) is 4.68 Å². The van der Waals surface area contributed by atoms with E-state index in [1.807, 2.05) is 20.0 Å². The number of aromatic nitrogens is 6. The summed E-state index contributed by atoms with van der Waals surface area (Å²) in [7, 11) is 2.02. The summed E-state index contributed by atoms with van der Waals surface area (Å²) in [6, 6.07) is 2.65. The summed E-state index contributed by atoms with van der Waals surface area (Å²) in [6.07, 6.45) is 1.88. The Morgan fingerprint density at radius 1 is 1.25 bits per heavy atom. The number of nitrogens with two attached hydrogens (primary N) is 1. The van der Waals surface area contributed by atoms with Gasteiger partial charge in [0.2, 0.25) is 11.9 Å². The van der Waals surface area contributed by atoms with Gasteiger partial charge in [-0.15, -0.1) is 0 Å². The largest absolute Gasteiger partial charge is 0.367 e. The molecule has 0 amide bonds. The van der Waals surface area contributed by atoms with Gasteiger partial charge in [-0.3, -0.25) is 0 Å². The van der Waals surface area contributed by atoms with Crippen molar-refractivity contribution in [1.29, 1.82) is 0 Å². The van der Waals surface area contributed by atoms with E-state index < -0.39 is 0 Å². The topological polar surface area (TPSA) is 102 Å². The molecule has 2 aromatic heterocycles. The highest BCUT2D eigenvalue weighted by molar-refractivity contribution is 5.46. The van der Waals surface area contributed by atoms with Gasteiger partial charge in [0.25, 0.3) is 0 Å². The van der Waals surface area contributed by atoms with E-state index in [0.717, 1.165) is 43.4 Å². The Kier molecular flexibility index (Phi) is 4.50. The molecule has 2 N–H and O–H groups in total. The number of hydrogen-bond acceptors (Lipinski definition) is 8. The summed E-state index contributed by atoms with van der Waals surface area (Å²) in [5.74, 6) is 2.13. The SMILES string of the molecule is Cc1cc(N2CCC(n3nnnc3N)CC2)nc(N(C)C(C)C)n1. The van der Waals surface area contributed by atoms with E-state index in [-0.39, 0.29) is 6.04 Å². The summed E-state index contributed by atoms with van der Waals surface area (Å²) < 4.78 is 1.72. The molecule has 0 saturated carbocycles. The van der Waals surface area contributed by atoms with Gasteiger partial charge in [0.05, 0.1) is 6.04 Å². The van der Waals surface area contributed by atoms with Crippen molar-refractivity contribution in [1.82, 2.24) is 30.2 Å². The van der Waals surface area contributed by atoms with Gasteiger partial charge in [0.15, 0.2) is 0 Å². The van der Waals surface area contributed by atoms with Gasteiger partial charge in [-0.25, -0.2) is 9.67 Å². The van der Waals surface area contributed by atoms with Crippen LogP contribution in [0.15, 0.2) is 6.07 Å². The molecule has 3 rings (SSSR count). The average Bonchev–Trinajstić information content (AvgIpc) is 2.99. The van der Waals surface area contributed by atoms with Crippen LogP contribution in [0.4, 0.5) is 17.7 Å². The Bertz CT molecular complexity index is 688. The fourth-order valence-electron chi connectivity index (χ4n) is 2.89. The number of nitrogens with zero attached hydrogens (tertiary/aromatic N) is 8. The van der Waals surface area contributed by atoms with E-state index >= 15 is 0 Å². The lowest BCUT2D eigenvalue weighted by atomic mass is 10.1. The number of hydrogen-bond donors (Lipinski definition) is 1. The maximum Gasteiger partial charge on any atom is 0.240 e. The lowest BCUT2D eigenvalue weighted by Crippen LogP contribution is -2.36. The minimum atomic E-state index is 0.247. The molecule has 0 spiro atoms. The van der Waals surface area contributed by atoms with E-state index in [0.29, 0.717) is 12.0 Å². The van der Waals surface area contributed by atoms with Crippen LogP contribution in [0.2, 0.25) is 0 Å². The third kappa shape index (κ3) is 3.24. The summed E-state index contributed by atoms with van der Waals surface area (Å²) in [5.41, 5.74) is 6.79. The molecule has 0 atom stereocenters. The van der Waals surface area contributed by atoms with Crippen LogP contribution in [0, 0.1) is 6.92 Å². The van der Waals surface area contributed by atoms with Crippen LogP contribution in [0.3, 0.4) is 0 Å². The highest BCUT2D eigenvalue weighted by Crippen LogP contribution is 2.27. The van der Waals surface area contributed by atoms with Gasteiger partial charge in [0.1, 0.15) is 5.82 Å². The molecule has 9 heteroatoms. The van der Waals surface area contributed by atoms with Crippen molar-refractivity contribution in [3.63, 3.8) is 0 Å². The van der Waals surface area contributed by atoms with Crippen LogP contribution >= 0.6 is 0 Å². The molecule has 2 aromatic rings. The third-order valence-electron chi connectivity index (χ3n) is 4.57.